The molecule has 3 fully saturated rings. The molecule has 3 aromatic carbocycles. The molecular weight excluding hydrogens is 856 g/mol. The molecule has 0 unspecified atom stereocenters. The van der Waals surface area contributed by atoms with E-state index >= 15 is 0 Å². The first-order valence-corrected chi connectivity index (χ1v) is 23.4. The number of aromatic nitrogens is 2. The van der Waals surface area contributed by atoms with E-state index in [1.165, 1.54) is 0 Å². The largest absolute Gasteiger partial charge is 0.481 e. The number of ether oxygens (including phenoxy) is 3. The fourth-order valence-corrected chi connectivity index (χ4v) is 11.5. The zero-order valence-corrected chi connectivity index (χ0v) is 36.5. The average molecular weight is 904 g/mol. The molecule has 10 rings (SSSR count). The van der Waals surface area contributed by atoms with E-state index in [-0.39, 0.29) is 35.5 Å². The van der Waals surface area contributed by atoms with E-state index in [1.54, 1.807) is 20.1 Å². The number of nitrogens with one attached hydrogen (secondary N) is 1. The van der Waals surface area contributed by atoms with Crippen molar-refractivity contribution in [2.24, 2.45) is 5.92 Å². The summed E-state index contributed by atoms with van der Waals surface area (Å²) in [6, 6.07) is 17.1. The third-order valence-electron chi connectivity index (χ3n) is 13.6. The zero-order chi connectivity index (χ0) is 43.8. The van der Waals surface area contributed by atoms with Gasteiger partial charge in [0.25, 0.3) is 0 Å². The lowest BCUT2D eigenvalue weighted by Crippen LogP contribution is -2.42. The topological polar surface area (TPSA) is 157 Å². The van der Waals surface area contributed by atoms with E-state index < -0.39 is 33.2 Å². The molecule has 4 atom stereocenters. The van der Waals surface area contributed by atoms with Crippen molar-refractivity contribution < 1.29 is 45.7 Å². The Labute approximate surface area is 368 Å². The number of halogens is 3. The number of likely N-dealkylation sites (tertiary alicyclic amines) is 2. The molecular formula is C46H48ClF2N5O8S. The number of oxazole rings is 1. The molecule has 2 aromatic heterocycles. The molecule has 1 amide bonds. The van der Waals surface area contributed by atoms with E-state index in [0.717, 1.165) is 59.2 Å². The summed E-state index contributed by atoms with van der Waals surface area (Å²) in [4.78, 5) is 26.9. The number of carbonyl (C=O) groups excluding carboxylic acids is 1. The van der Waals surface area contributed by atoms with Gasteiger partial charge in [0.1, 0.15) is 11.6 Å². The van der Waals surface area contributed by atoms with Crippen molar-refractivity contribution >= 4 is 38.6 Å². The monoisotopic (exact) mass is 903 g/mol. The first-order valence-electron chi connectivity index (χ1n) is 21.5. The predicted octanol–water partition coefficient (Wildman–Crippen LogP) is 7.76. The van der Waals surface area contributed by atoms with Gasteiger partial charge in [-0.15, -0.1) is 0 Å². The average Bonchev–Trinajstić information content (AvgIpc) is 3.87. The Kier molecular flexibility index (Phi) is 10.9. The number of amides is 1. The number of hydrogen-bond acceptors (Lipinski definition) is 12. The van der Waals surface area contributed by atoms with Gasteiger partial charge < -0.3 is 23.7 Å². The second-order valence-corrected chi connectivity index (χ2v) is 20.2. The molecule has 5 aromatic rings. The Morgan fingerprint density at radius 1 is 0.984 bits per heavy atom. The van der Waals surface area contributed by atoms with Crippen molar-refractivity contribution in [3.05, 3.63) is 87.4 Å². The van der Waals surface area contributed by atoms with Gasteiger partial charge in [-0.2, -0.15) is 13.8 Å². The maximum absolute atomic E-state index is 14.1. The maximum atomic E-state index is 14.1. The number of alkyl halides is 2. The van der Waals surface area contributed by atoms with Crippen molar-refractivity contribution in [3.63, 3.8) is 0 Å². The second kappa shape index (κ2) is 16.3. The number of β-amino-alcohol motifs (C(OH)–C–C–N with tert-alkyl or cyclic N) is 1. The van der Waals surface area contributed by atoms with Crippen LogP contribution in [0.5, 0.6) is 17.5 Å². The number of methoxy groups -OCH3 is 1. The number of aliphatic hydroxyl groups is 1. The van der Waals surface area contributed by atoms with Crippen LogP contribution in [0.25, 0.3) is 33.7 Å². The van der Waals surface area contributed by atoms with Gasteiger partial charge in [0.15, 0.2) is 11.3 Å². The van der Waals surface area contributed by atoms with Crippen LogP contribution in [-0.4, -0.2) is 90.0 Å². The highest BCUT2D eigenvalue weighted by atomic mass is 35.5. The molecule has 332 valence electrons. The Hall–Kier alpha value is -4.87. The van der Waals surface area contributed by atoms with Crippen LogP contribution >= 0.6 is 11.6 Å². The summed E-state index contributed by atoms with van der Waals surface area (Å²) in [6.45, 7) is 1.45. The highest BCUT2D eigenvalue weighted by Gasteiger charge is 2.51. The first-order chi connectivity index (χ1) is 30.3. The summed E-state index contributed by atoms with van der Waals surface area (Å²) in [7, 11) is -2.18. The molecule has 2 N–H and O–H groups in total. The van der Waals surface area contributed by atoms with Crippen molar-refractivity contribution in [1.82, 2.24) is 24.5 Å². The number of nitrogens with zero attached hydrogens (tertiary/aromatic N) is 4. The Morgan fingerprint density at radius 3 is 2.52 bits per heavy atom. The van der Waals surface area contributed by atoms with Crippen molar-refractivity contribution in [2.45, 2.75) is 94.4 Å². The van der Waals surface area contributed by atoms with Crippen molar-refractivity contribution in [3.8, 4) is 40.1 Å². The van der Waals surface area contributed by atoms with Gasteiger partial charge in [0.2, 0.25) is 33.6 Å². The van der Waals surface area contributed by atoms with Gasteiger partial charge in [-0.25, -0.2) is 13.4 Å². The van der Waals surface area contributed by atoms with Crippen LogP contribution in [0.2, 0.25) is 5.02 Å². The Bertz CT molecular complexity index is 2730. The van der Waals surface area contributed by atoms with E-state index in [4.69, 9.17) is 35.2 Å². The fraction of sp³-hybridized carbons (Fsp3) is 0.457. The number of sulfonamides is 1. The molecule has 0 radical (unpaired) electrons. The lowest BCUT2D eigenvalue weighted by Gasteiger charge is -2.25. The molecule has 63 heavy (non-hydrogen) atoms. The summed E-state index contributed by atoms with van der Waals surface area (Å²) in [5.74, 6) is -0.00888. The molecule has 1 saturated carbocycles. The van der Waals surface area contributed by atoms with Crippen LogP contribution in [0.3, 0.4) is 0 Å². The van der Waals surface area contributed by atoms with Gasteiger partial charge in [0.05, 0.1) is 34.5 Å². The normalized spacial score (nSPS) is 23.0. The molecule has 13 nitrogen and oxygen atoms in total. The van der Waals surface area contributed by atoms with Gasteiger partial charge in [-0.1, -0.05) is 41.9 Å². The molecule has 2 saturated heterocycles. The van der Waals surface area contributed by atoms with Crippen LogP contribution in [-0.2, 0) is 34.2 Å². The lowest BCUT2D eigenvalue weighted by molar-refractivity contribution is -0.122. The molecule has 4 heterocycles. The van der Waals surface area contributed by atoms with Crippen molar-refractivity contribution in [1.29, 1.82) is 0 Å². The Balaban J connectivity index is 0.904. The highest BCUT2D eigenvalue weighted by Crippen LogP contribution is 2.49. The number of pyridine rings is 1. The maximum Gasteiger partial charge on any atom is 0.387 e. The summed E-state index contributed by atoms with van der Waals surface area (Å²) >= 11 is 7.23. The van der Waals surface area contributed by atoms with Gasteiger partial charge in [0, 0.05) is 55.0 Å². The summed E-state index contributed by atoms with van der Waals surface area (Å²) in [6.07, 6.45) is 4.18. The predicted molar refractivity (Wildman–Crippen MR) is 230 cm³/mol. The van der Waals surface area contributed by atoms with Crippen molar-refractivity contribution in [2.75, 3.05) is 33.3 Å². The minimum Gasteiger partial charge on any atom is -0.481 e. The van der Waals surface area contributed by atoms with Crippen LogP contribution < -0.4 is 18.9 Å². The Morgan fingerprint density at radius 2 is 1.76 bits per heavy atom. The summed E-state index contributed by atoms with van der Waals surface area (Å²) in [5.41, 5.74) is 6.98. The van der Waals surface area contributed by atoms with E-state index in [1.807, 2.05) is 48.5 Å². The molecule has 17 heteroatoms. The second-order valence-electron chi connectivity index (χ2n) is 17.7. The number of benzene rings is 3. The lowest BCUT2D eigenvalue weighted by atomic mass is 9.95. The van der Waals surface area contributed by atoms with Gasteiger partial charge >= 0.3 is 6.61 Å². The van der Waals surface area contributed by atoms with E-state index in [9.17, 15) is 27.1 Å². The fourth-order valence-electron chi connectivity index (χ4n) is 9.92. The summed E-state index contributed by atoms with van der Waals surface area (Å²) < 4.78 is 78.7. The van der Waals surface area contributed by atoms with Crippen LogP contribution in [0.15, 0.2) is 59.0 Å². The quantitative estimate of drug-likeness (QED) is 0.119. The number of carbonyl (C=O) groups is 1. The number of fused-ring (bicyclic) bond motifs is 3. The van der Waals surface area contributed by atoms with E-state index in [2.05, 4.69) is 19.5 Å². The number of hydrogen-bond donors (Lipinski definition) is 2. The number of rotatable bonds is 13. The molecule has 2 aliphatic heterocycles. The van der Waals surface area contributed by atoms with E-state index in [0.29, 0.717) is 91.7 Å². The minimum absolute atomic E-state index is 0.0663. The number of aliphatic hydroxyl groups excluding tert-OH is 1. The summed E-state index contributed by atoms with van der Waals surface area (Å²) in [5, 5.41) is 10.4. The van der Waals surface area contributed by atoms with Crippen LogP contribution in [0.1, 0.15) is 85.4 Å². The molecule has 0 bridgehead atoms. The van der Waals surface area contributed by atoms with Gasteiger partial charge in [-0.05, 0) is 105 Å². The van der Waals surface area contributed by atoms with Crippen LogP contribution in [0, 0.1) is 5.92 Å². The zero-order valence-electron chi connectivity index (χ0n) is 34.9. The molecule has 0 spiro atoms. The minimum atomic E-state index is -3.77. The third-order valence-corrected chi connectivity index (χ3v) is 16.2. The first kappa shape index (κ1) is 42.1. The van der Waals surface area contributed by atoms with Gasteiger partial charge in [-0.3, -0.25) is 19.3 Å². The van der Waals surface area contributed by atoms with Crippen LogP contribution in [0.4, 0.5) is 8.78 Å². The standard InChI is InChI=1S/C46H48ClF2N5O8S/c1-46(17-18-46)63(57,58)52-42(56)25-15-20-54(23-25)36-12-10-32-34(36)21-35-41(40(32)62-45(48)49)61-44(50-35)33-8-4-7-31(39(33)47)28-5-3-6-30-29(28)11-13-37(30)60-38-14-9-26(43(51-38)59-2)22-53-19-16-27(55)24-53/h3-9,14,21,25,27,36-37,45,55H,10-13,15-20,22-24H2,1-2H3,(H,52,56)/t25-,27-,36-,37+/m1/s1. The SMILES string of the molecule is COc1nc(O[C@H]2CCc3c(-c4cccc(-c5nc6cc7c(c(OC(F)F)c6o5)CC[C@H]7N5CC[C@@H](C(=O)NS(=O)(=O)C6(C)CC6)C5)c4Cl)cccc32)ccc1CN1CC[C@@H](O)C1. The molecule has 3 aliphatic carbocycles. The third kappa shape index (κ3) is 7.81. The smallest absolute Gasteiger partial charge is 0.387 e. The molecule has 5 aliphatic rings. The highest BCUT2D eigenvalue weighted by molar-refractivity contribution is 7.91.